The second-order valence-electron chi connectivity index (χ2n) is 6.21. The molecule has 2 aromatic carbocycles. The number of sulfonamides is 1. The molecular weight excluding hydrogens is 428 g/mol. The average molecular weight is 449 g/mol. The predicted octanol–water partition coefficient (Wildman–Crippen LogP) is 2.22. The van der Waals surface area contributed by atoms with Crippen molar-refractivity contribution >= 4 is 50.4 Å². The number of para-hydroxylation sites is 1. The first kappa shape index (κ1) is 21.8. The van der Waals surface area contributed by atoms with Gasteiger partial charge in [0.25, 0.3) is 0 Å². The van der Waals surface area contributed by atoms with Gasteiger partial charge in [-0.2, -0.15) is 0 Å². The zero-order valence-corrected chi connectivity index (χ0v) is 17.9. The van der Waals surface area contributed by atoms with Gasteiger partial charge in [-0.25, -0.2) is 23.3 Å². The van der Waals surface area contributed by atoms with E-state index in [0.717, 1.165) is 5.52 Å². The van der Waals surface area contributed by atoms with Gasteiger partial charge >= 0.3 is 5.97 Å². The van der Waals surface area contributed by atoms with Crippen LogP contribution in [0.5, 0.6) is 0 Å². The van der Waals surface area contributed by atoms with Crippen LogP contribution in [0.3, 0.4) is 0 Å². The number of methoxy groups -OCH3 is 1. The number of hydrogen-bond donors (Lipinski definition) is 2. The van der Waals surface area contributed by atoms with E-state index in [1.807, 2.05) is 11.5 Å². The van der Waals surface area contributed by atoms with E-state index >= 15 is 0 Å². The lowest BCUT2D eigenvalue weighted by atomic mass is 10.2. The number of rotatable bonds is 7. The average Bonchev–Trinajstić information content (AvgIpc) is 3.08. The van der Waals surface area contributed by atoms with Crippen molar-refractivity contribution in [1.29, 1.82) is 0 Å². The Morgan fingerprint density at radius 3 is 2.63 bits per heavy atom. The van der Waals surface area contributed by atoms with Crippen molar-refractivity contribution in [3.05, 3.63) is 48.0 Å². The summed E-state index contributed by atoms with van der Waals surface area (Å²) in [4.78, 5) is 28.7. The number of ether oxygens (including phenoxy) is 1. The Labute approximate surface area is 177 Å². The first-order valence-electron chi connectivity index (χ1n) is 8.87. The third kappa shape index (κ3) is 4.64. The first-order valence-corrected chi connectivity index (χ1v) is 11.4. The number of amides is 1. The minimum absolute atomic E-state index is 0.0236. The third-order valence-electron chi connectivity index (χ3n) is 4.27. The Hall–Kier alpha value is -2.89. The highest BCUT2D eigenvalue weighted by Gasteiger charge is 2.17. The number of imidazole rings is 1. The highest BCUT2D eigenvalue weighted by molar-refractivity contribution is 7.99. The van der Waals surface area contributed by atoms with E-state index in [-0.39, 0.29) is 22.1 Å². The van der Waals surface area contributed by atoms with Gasteiger partial charge in [0.05, 0.1) is 40.0 Å². The number of carbonyl (C=O) groups is 2. The van der Waals surface area contributed by atoms with Crippen molar-refractivity contribution in [2.24, 2.45) is 5.14 Å². The van der Waals surface area contributed by atoms with Crippen molar-refractivity contribution in [1.82, 2.24) is 9.55 Å². The van der Waals surface area contributed by atoms with Crippen molar-refractivity contribution in [2.75, 3.05) is 18.2 Å². The maximum Gasteiger partial charge on any atom is 0.339 e. The number of aryl methyl sites for hydroxylation is 1. The molecule has 30 heavy (non-hydrogen) atoms. The molecule has 0 aliphatic heterocycles. The van der Waals surface area contributed by atoms with Crippen LogP contribution in [0.1, 0.15) is 17.3 Å². The van der Waals surface area contributed by atoms with E-state index in [0.29, 0.717) is 22.9 Å². The lowest BCUT2D eigenvalue weighted by Gasteiger charge is -2.10. The number of carbonyl (C=O) groups excluding carboxylic acids is 2. The summed E-state index contributed by atoms with van der Waals surface area (Å²) in [7, 11) is -2.57. The fraction of sp³-hybridized carbons (Fsp3) is 0.211. The van der Waals surface area contributed by atoms with Gasteiger partial charge in [-0.15, -0.1) is 0 Å². The molecule has 0 radical (unpaired) electrons. The molecule has 0 saturated heterocycles. The van der Waals surface area contributed by atoms with Gasteiger partial charge < -0.3 is 14.6 Å². The largest absolute Gasteiger partial charge is 0.465 e. The van der Waals surface area contributed by atoms with Gasteiger partial charge in [0, 0.05) is 6.54 Å². The van der Waals surface area contributed by atoms with Crippen LogP contribution in [0, 0.1) is 0 Å². The Balaban J connectivity index is 1.79. The van der Waals surface area contributed by atoms with Crippen LogP contribution in [0.4, 0.5) is 5.69 Å². The van der Waals surface area contributed by atoms with Gasteiger partial charge in [0.2, 0.25) is 15.9 Å². The summed E-state index contributed by atoms with van der Waals surface area (Å²) < 4.78 is 29.8. The zero-order chi connectivity index (χ0) is 21.9. The molecule has 0 spiro atoms. The molecule has 9 nitrogen and oxygen atoms in total. The van der Waals surface area contributed by atoms with Crippen molar-refractivity contribution < 1.29 is 22.7 Å². The normalized spacial score (nSPS) is 11.4. The topological polar surface area (TPSA) is 133 Å². The number of anilines is 1. The molecule has 0 atom stereocenters. The van der Waals surface area contributed by atoms with E-state index in [2.05, 4.69) is 10.3 Å². The van der Waals surface area contributed by atoms with E-state index in [9.17, 15) is 18.0 Å². The molecule has 11 heteroatoms. The fourth-order valence-electron chi connectivity index (χ4n) is 2.88. The molecule has 0 fully saturated rings. The molecule has 0 bridgehead atoms. The van der Waals surface area contributed by atoms with Crippen LogP contribution in [0.15, 0.2) is 52.5 Å². The number of hydrogen-bond acceptors (Lipinski definition) is 7. The SMILES string of the molecule is CCn1c(SCC(=O)Nc2ccccc2C(=O)OC)nc2cc(S(N)(=O)=O)ccc21. The standard InChI is InChI=1S/C19H20N4O5S2/c1-3-23-16-9-8-12(30(20,26)27)10-15(16)22-19(23)29-11-17(24)21-14-7-5-4-6-13(14)18(25)28-2/h4-10H,3,11H2,1-2H3,(H,21,24)(H2,20,26,27). The molecule has 0 aliphatic carbocycles. The van der Waals surface area contributed by atoms with Crippen molar-refractivity contribution in [2.45, 2.75) is 23.5 Å². The van der Waals surface area contributed by atoms with E-state index in [4.69, 9.17) is 9.88 Å². The van der Waals surface area contributed by atoms with Crippen LogP contribution in [0.2, 0.25) is 0 Å². The quantitative estimate of drug-likeness (QED) is 0.418. The van der Waals surface area contributed by atoms with Crippen LogP contribution in [-0.2, 0) is 26.1 Å². The second kappa shape index (κ2) is 8.86. The van der Waals surface area contributed by atoms with Crippen molar-refractivity contribution in [3.8, 4) is 0 Å². The molecule has 1 amide bonds. The highest BCUT2D eigenvalue weighted by Crippen LogP contribution is 2.26. The second-order valence-corrected chi connectivity index (χ2v) is 8.71. The summed E-state index contributed by atoms with van der Waals surface area (Å²) in [6.45, 7) is 2.51. The van der Waals surface area contributed by atoms with Crippen LogP contribution in [-0.4, -0.2) is 42.7 Å². The number of nitrogens with two attached hydrogens (primary N) is 1. The number of benzene rings is 2. The van der Waals surface area contributed by atoms with Crippen LogP contribution >= 0.6 is 11.8 Å². The lowest BCUT2D eigenvalue weighted by molar-refractivity contribution is -0.113. The summed E-state index contributed by atoms with van der Waals surface area (Å²) >= 11 is 1.20. The number of nitrogens with one attached hydrogen (secondary N) is 1. The number of thioether (sulfide) groups is 1. The van der Waals surface area contributed by atoms with Gasteiger partial charge in [-0.1, -0.05) is 23.9 Å². The number of fused-ring (bicyclic) bond motifs is 1. The van der Waals surface area contributed by atoms with Gasteiger partial charge in [0.15, 0.2) is 5.16 Å². The monoisotopic (exact) mass is 448 g/mol. The molecule has 158 valence electrons. The summed E-state index contributed by atoms with van der Waals surface area (Å²) in [5.41, 5.74) is 1.83. The Kier molecular flexibility index (Phi) is 6.44. The van der Waals surface area contributed by atoms with E-state index in [1.54, 1.807) is 30.3 Å². The molecular formula is C19H20N4O5S2. The number of primary sulfonamides is 1. The Bertz CT molecular complexity index is 1220. The number of aromatic nitrogens is 2. The predicted molar refractivity (Wildman–Crippen MR) is 114 cm³/mol. The molecule has 3 N–H and O–H groups in total. The van der Waals surface area contributed by atoms with Gasteiger partial charge in [-0.05, 0) is 37.3 Å². The summed E-state index contributed by atoms with van der Waals surface area (Å²) in [5.74, 6) is -0.825. The summed E-state index contributed by atoms with van der Waals surface area (Å²) in [6, 6.07) is 11.0. The number of esters is 1. The maximum atomic E-state index is 12.4. The molecule has 0 saturated carbocycles. The van der Waals surface area contributed by atoms with Crippen molar-refractivity contribution in [3.63, 3.8) is 0 Å². The Morgan fingerprint density at radius 1 is 1.23 bits per heavy atom. The minimum Gasteiger partial charge on any atom is -0.465 e. The minimum atomic E-state index is -3.84. The summed E-state index contributed by atoms with van der Waals surface area (Å²) in [6.07, 6.45) is 0. The molecule has 0 unspecified atom stereocenters. The molecule has 3 rings (SSSR count). The van der Waals surface area contributed by atoms with Gasteiger partial charge in [0.1, 0.15) is 0 Å². The Morgan fingerprint density at radius 2 is 1.97 bits per heavy atom. The molecule has 0 aliphatic rings. The van der Waals surface area contributed by atoms with Gasteiger partial charge in [-0.3, -0.25) is 4.79 Å². The maximum absolute atomic E-state index is 12.4. The van der Waals surface area contributed by atoms with Crippen LogP contribution in [0.25, 0.3) is 11.0 Å². The highest BCUT2D eigenvalue weighted by atomic mass is 32.2. The third-order valence-corrected chi connectivity index (χ3v) is 6.16. The number of nitrogens with zero attached hydrogens (tertiary/aromatic N) is 2. The lowest BCUT2D eigenvalue weighted by Crippen LogP contribution is -2.17. The fourth-order valence-corrected chi connectivity index (χ4v) is 4.29. The van der Waals surface area contributed by atoms with E-state index < -0.39 is 16.0 Å². The first-order chi connectivity index (χ1) is 14.2. The zero-order valence-electron chi connectivity index (χ0n) is 16.3. The molecule has 3 aromatic rings. The molecule has 1 aromatic heterocycles. The van der Waals surface area contributed by atoms with Crippen LogP contribution < -0.4 is 10.5 Å². The smallest absolute Gasteiger partial charge is 0.339 e. The molecule has 1 heterocycles. The van der Waals surface area contributed by atoms with E-state index in [1.165, 1.54) is 31.0 Å². The summed E-state index contributed by atoms with van der Waals surface area (Å²) in [5, 5.41) is 8.45.